The molecule has 4 rings (SSSR count). The van der Waals surface area contributed by atoms with Crippen LogP contribution in [0, 0.1) is 23.2 Å². The molecule has 0 bridgehead atoms. The van der Waals surface area contributed by atoms with E-state index in [-0.39, 0.29) is 35.0 Å². The van der Waals surface area contributed by atoms with Gasteiger partial charge in [0.25, 0.3) is 0 Å². The van der Waals surface area contributed by atoms with Gasteiger partial charge in [0.05, 0.1) is 11.8 Å². The number of nitrogens with one attached hydrogen (secondary N) is 1. The fourth-order valence-corrected chi connectivity index (χ4v) is 7.57. The molecule has 184 valence electrons. The van der Waals surface area contributed by atoms with Crippen LogP contribution in [0.2, 0.25) is 0 Å². The lowest BCUT2D eigenvalue weighted by molar-refractivity contribution is -0.143. The number of hydrogen-bond acceptors (Lipinski definition) is 6. The highest BCUT2D eigenvalue weighted by Crippen LogP contribution is 2.57. The lowest BCUT2D eigenvalue weighted by Crippen LogP contribution is -2.53. The number of aliphatic hydroxyl groups excluding tert-OH is 1. The van der Waals surface area contributed by atoms with Crippen molar-refractivity contribution in [3.05, 3.63) is 53.3 Å². The van der Waals surface area contributed by atoms with Gasteiger partial charge in [-0.25, -0.2) is 4.98 Å². The van der Waals surface area contributed by atoms with Crippen molar-refractivity contribution in [1.82, 2.24) is 14.9 Å². The van der Waals surface area contributed by atoms with E-state index in [2.05, 4.69) is 30.7 Å². The third-order valence-corrected chi connectivity index (χ3v) is 9.15. The van der Waals surface area contributed by atoms with Crippen LogP contribution >= 0.6 is 11.3 Å². The number of carbonyl (C=O) groups excluding carboxylic acids is 1. The summed E-state index contributed by atoms with van der Waals surface area (Å²) in [4.78, 5) is 25.4. The van der Waals surface area contributed by atoms with Crippen LogP contribution in [0.25, 0.3) is 0 Å². The van der Waals surface area contributed by atoms with E-state index in [1.165, 1.54) is 4.88 Å². The molecule has 0 radical (unpaired) electrons. The molecule has 6 nitrogen and oxygen atoms in total. The minimum Gasteiger partial charge on any atom is -0.392 e. The Morgan fingerprint density at radius 3 is 2.97 bits per heavy atom. The second kappa shape index (κ2) is 10.2. The smallest absolute Gasteiger partial charge is 0.225 e. The maximum Gasteiger partial charge on any atom is 0.225 e. The van der Waals surface area contributed by atoms with Gasteiger partial charge in [0.1, 0.15) is 0 Å². The van der Waals surface area contributed by atoms with Crippen molar-refractivity contribution in [2.24, 2.45) is 23.2 Å². The predicted molar refractivity (Wildman–Crippen MR) is 138 cm³/mol. The highest BCUT2D eigenvalue weighted by atomic mass is 32.1. The minimum atomic E-state index is -0.514. The molecule has 7 heteroatoms. The number of rotatable bonds is 8. The number of carbonyl (C=O) groups is 1. The maximum absolute atomic E-state index is 12.9. The largest absolute Gasteiger partial charge is 0.392 e. The van der Waals surface area contributed by atoms with Crippen LogP contribution in [-0.2, 0) is 17.6 Å². The Morgan fingerprint density at radius 1 is 1.47 bits per heavy atom. The summed E-state index contributed by atoms with van der Waals surface area (Å²) in [6, 6.07) is 5.99. The first-order chi connectivity index (χ1) is 16.2. The quantitative estimate of drug-likeness (QED) is 0.541. The van der Waals surface area contributed by atoms with Crippen molar-refractivity contribution < 1.29 is 9.90 Å². The number of thiazole rings is 1. The Balaban J connectivity index is 1.47. The van der Waals surface area contributed by atoms with Gasteiger partial charge in [0, 0.05) is 55.2 Å². The topological polar surface area (TPSA) is 78.4 Å². The average Bonchev–Trinajstić information content (AvgIpc) is 3.21. The van der Waals surface area contributed by atoms with Gasteiger partial charge in [0.15, 0.2) is 5.13 Å². The monoisotopic (exact) mass is 482 g/mol. The highest BCUT2D eigenvalue weighted by Gasteiger charge is 2.54. The standard InChI is InChI=1S/C27H38N4O2S/c1-6-15-31(5)25(33)17(2)20-10-12-27(4)16-21-23(18(3)22(27)24(20)32)30-26(34-21)29-14-11-19-9-7-8-13-28-19/h6-9,13,17-18,20,22,24,32H,1,10-12,14-16H2,2-5H3,(H,29,30). The van der Waals surface area contributed by atoms with E-state index in [9.17, 15) is 9.90 Å². The molecule has 2 aromatic heterocycles. The van der Waals surface area contributed by atoms with E-state index in [4.69, 9.17) is 4.98 Å². The van der Waals surface area contributed by atoms with E-state index in [1.54, 1.807) is 22.3 Å². The van der Waals surface area contributed by atoms with Crippen molar-refractivity contribution >= 4 is 22.4 Å². The molecule has 2 aliphatic rings. The van der Waals surface area contributed by atoms with Crippen molar-refractivity contribution in [3.63, 3.8) is 0 Å². The number of nitrogens with zero attached hydrogens (tertiary/aromatic N) is 3. The fourth-order valence-electron chi connectivity index (χ4n) is 6.28. The first-order valence-electron chi connectivity index (χ1n) is 12.4. The van der Waals surface area contributed by atoms with Gasteiger partial charge < -0.3 is 15.3 Å². The Hall–Kier alpha value is -2.25. The number of hydrogen-bond donors (Lipinski definition) is 2. The molecule has 34 heavy (non-hydrogen) atoms. The van der Waals surface area contributed by atoms with Gasteiger partial charge in [-0.15, -0.1) is 17.9 Å². The van der Waals surface area contributed by atoms with Crippen molar-refractivity contribution in [2.75, 3.05) is 25.5 Å². The van der Waals surface area contributed by atoms with Gasteiger partial charge in [-0.3, -0.25) is 9.78 Å². The van der Waals surface area contributed by atoms with Gasteiger partial charge in [-0.05, 0) is 48.6 Å². The normalized spacial score (nSPS) is 29.0. The summed E-state index contributed by atoms with van der Waals surface area (Å²) in [5.41, 5.74) is 2.21. The molecule has 0 saturated heterocycles. The summed E-state index contributed by atoms with van der Waals surface area (Å²) >= 11 is 1.76. The lowest BCUT2D eigenvalue weighted by Gasteiger charge is -2.53. The summed E-state index contributed by atoms with van der Waals surface area (Å²) in [6.45, 7) is 11.6. The van der Waals surface area contributed by atoms with E-state index in [1.807, 2.05) is 38.4 Å². The second-order valence-electron chi connectivity index (χ2n) is 10.5. The van der Waals surface area contributed by atoms with Crippen LogP contribution in [-0.4, -0.2) is 52.1 Å². The van der Waals surface area contributed by atoms with E-state index in [0.29, 0.717) is 6.54 Å². The van der Waals surface area contributed by atoms with Crippen LogP contribution in [0.15, 0.2) is 37.1 Å². The SMILES string of the molecule is C=CCN(C)C(=O)C(C)C1CCC2(C)Cc3sc(NCCc4ccccn4)nc3C(C)C2C1O. The molecule has 2 aliphatic carbocycles. The molecule has 2 aromatic rings. The molecule has 6 unspecified atom stereocenters. The third-order valence-electron chi connectivity index (χ3n) is 8.12. The zero-order chi connectivity index (χ0) is 24.5. The molecule has 0 spiro atoms. The van der Waals surface area contributed by atoms with Gasteiger partial charge in [-0.1, -0.05) is 32.9 Å². The molecular weight excluding hydrogens is 444 g/mol. The number of aromatic nitrogens is 2. The highest BCUT2D eigenvalue weighted by molar-refractivity contribution is 7.15. The molecule has 2 N–H and O–H groups in total. The second-order valence-corrected chi connectivity index (χ2v) is 11.5. The minimum absolute atomic E-state index is 0.0237. The first kappa shape index (κ1) is 24.9. The van der Waals surface area contributed by atoms with E-state index in [0.717, 1.165) is 48.7 Å². The van der Waals surface area contributed by atoms with Crippen LogP contribution in [0.4, 0.5) is 5.13 Å². The Kier molecular flexibility index (Phi) is 7.43. The molecule has 0 aliphatic heterocycles. The van der Waals surface area contributed by atoms with Crippen LogP contribution in [0.5, 0.6) is 0 Å². The number of pyridine rings is 1. The predicted octanol–water partition coefficient (Wildman–Crippen LogP) is 4.53. The van der Waals surface area contributed by atoms with Gasteiger partial charge >= 0.3 is 0 Å². The summed E-state index contributed by atoms with van der Waals surface area (Å²) in [6.07, 6.45) is 6.75. The average molecular weight is 483 g/mol. The van der Waals surface area contributed by atoms with Crippen molar-refractivity contribution in [2.45, 2.75) is 58.5 Å². The third kappa shape index (κ3) is 4.78. The number of fused-ring (bicyclic) bond motifs is 2. The summed E-state index contributed by atoms with van der Waals surface area (Å²) in [7, 11) is 1.81. The zero-order valence-electron chi connectivity index (χ0n) is 20.8. The number of anilines is 1. The summed E-state index contributed by atoms with van der Waals surface area (Å²) < 4.78 is 0. The van der Waals surface area contributed by atoms with Crippen LogP contribution in [0.3, 0.4) is 0 Å². The summed E-state index contributed by atoms with van der Waals surface area (Å²) in [5, 5.41) is 16.0. The molecule has 1 saturated carbocycles. The number of aliphatic hydroxyl groups is 1. The molecule has 6 atom stereocenters. The van der Waals surface area contributed by atoms with Crippen LogP contribution < -0.4 is 5.32 Å². The number of likely N-dealkylation sites (N-methyl/N-ethyl adjacent to an activating group) is 1. The molecular formula is C27H38N4O2S. The maximum atomic E-state index is 12.9. The Bertz CT molecular complexity index is 1010. The number of amides is 1. The zero-order valence-corrected chi connectivity index (χ0v) is 21.6. The van der Waals surface area contributed by atoms with Gasteiger partial charge in [-0.2, -0.15) is 0 Å². The van der Waals surface area contributed by atoms with E-state index < -0.39 is 6.10 Å². The van der Waals surface area contributed by atoms with Crippen molar-refractivity contribution in [1.29, 1.82) is 0 Å². The van der Waals surface area contributed by atoms with Gasteiger partial charge in [0.2, 0.25) is 5.91 Å². The van der Waals surface area contributed by atoms with Crippen LogP contribution in [0.1, 0.15) is 55.8 Å². The Labute approximate surface area is 207 Å². The molecule has 2 heterocycles. The molecule has 1 amide bonds. The summed E-state index contributed by atoms with van der Waals surface area (Å²) in [5.74, 6) is 0.100. The Morgan fingerprint density at radius 2 is 2.26 bits per heavy atom. The fraction of sp³-hybridized carbons (Fsp3) is 0.593. The first-order valence-corrected chi connectivity index (χ1v) is 13.2. The van der Waals surface area contributed by atoms with Crippen molar-refractivity contribution in [3.8, 4) is 0 Å². The molecule has 1 fully saturated rings. The molecule has 0 aromatic carbocycles. The van der Waals surface area contributed by atoms with E-state index >= 15 is 0 Å². The lowest BCUT2D eigenvalue weighted by atomic mass is 9.53.